The van der Waals surface area contributed by atoms with Gasteiger partial charge < -0.3 is 14.6 Å². The quantitative estimate of drug-likeness (QED) is 0.837. The number of carboxylic acids is 1. The Morgan fingerprint density at radius 2 is 2.27 bits per heavy atom. The number of hydrogen-bond acceptors (Lipinski definition) is 4. The third-order valence-corrected chi connectivity index (χ3v) is 4.20. The molecule has 0 amide bonds. The first kappa shape index (κ1) is 16.8. The number of benzene rings is 1. The summed E-state index contributed by atoms with van der Waals surface area (Å²) in [7, 11) is 1.56. The summed E-state index contributed by atoms with van der Waals surface area (Å²) >= 11 is 0. The van der Waals surface area contributed by atoms with E-state index in [9.17, 15) is 9.90 Å². The topological polar surface area (TPSA) is 59.0 Å². The maximum absolute atomic E-state index is 11.6. The van der Waals surface area contributed by atoms with Gasteiger partial charge in [-0.15, -0.1) is 0 Å². The molecule has 1 aliphatic heterocycles. The Kier molecular flexibility index (Phi) is 5.80. The number of carboxylic acid groups (broad SMARTS) is 1. The fraction of sp³-hybridized carbons (Fsp3) is 0.588. The largest absolute Gasteiger partial charge is 0.492 e. The Labute approximate surface area is 131 Å². The van der Waals surface area contributed by atoms with Crippen molar-refractivity contribution < 1.29 is 19.4 Å². The van der Waals surface area contributed by atoms with Gasteiger partial charge in [-0.3, -0.25) is 9.69 Å². The predicted molar refractivity (Wildman–Crippen MR) is 84.3 cm³/mol. The van der Waals surface area contributed by atoms with E-state index in [1.54, 1.807) is 7.11 Å². The van der Waals surface area contributed by atoms with Crippen LogP contribution < -0.4 is 4.74 Å². The van der Waals surface area contributed by atoms with Crippen molar-refractivity contribution in [3.05, 3.63) is 29.8 Å². The Bertz CT molecular complexity index is 501. The molecule has 0 saturated carbocycles. The number of hydrogen-bond donors (Lipinski definition) is 1. The van der Waals surface area contributed by atoms with Crippen molar-refractivity contribution in [2.45, 2.75) is 19.8 Å². The molecule has 1 aliphatic rings. The summed E-state index contributed by atoms with van der Waals surface area (Å²) in [4.78, 5) is 13.8. The molecule has 5 heteroatoms. The summed E-state index contributed by atoms with van der Waals surface area (Å²) < 4.78 is 10.9. The molecule has 0 aliphatic carbocycles. The standard InChI is InChI=1S/C17H25NO4/c1-14-5-3-6-15(11-14)22-10-9-18-8-4-7-17(12-18,13-21-2)16(19)20/h3,5-6,11H,4,7-10,12-13H2,1-2H3,(H,19,20). The van der Waals surface area contributed by atoms with Crippen LogP contribution in [0, 0.1) is 12.3 Å². The van der Waals surface area contributed by atoms with E-state index in [2.05, 4.69) is 4.90 Å². The summed E-state index contributed by atoms with van der Waals surface area (Å²) in [6, 6.07) is 7.95. The van der Waals surface area contributed by atoms with Gasteiger partial charge >= 0.3 is 5.97 Å². The van der Waals surface area contributed by atoms with Gasteiger partial charge in [-0.25, -0.2) is 0 Å². The lowest BCUT2D eigenvalue weighted by Gasteiger charge is -2.39. The van der Waals surface area contributed by atoms with Crippen molar-refractivity contribution in [2.24, 2.45) is 5.41 Å². The maximum Gasteiger partial charge on any atom is 0.313 e. The van der Waals surface area contributed by atoms with E-state index in [0.29, 0.717) is 19.6 Å². The number of rotatable bonds is 7. The number of aliphatic carboxylic acids is 1. The van der Waals surface area contributed by atoms with E-state index in [-0.39, 0.29) is 6.61 Å². The van der Waals surface area contributed by atoms with Gasteiger partial charge in [0.15, 0.2) is 0 Å². The Hall–Kier alpha value is -1.59. The molecular weight excluding hydrogens is 282 g/mol. The molecule has 0 spiro atoms. The molecule has 122 valence electrons. The SMILES string of the molecule is COCC1(C(=O)O)CCCN(CCOc2cccc(C)c2)C1. The molecule has 22 heavy (non-hydrogen) atoms. The minimum atomic E-state index is -0.781. The third-order valence-electron chi connectivity index (χ3n) is 4.20. The first-order valence-electron chi connectivity index (χ1n) is 7.70. The van der Waals surface area contributed by atoms with E-state index in [4.69, 9.17) is 9.47 Å². The van der Waals surface area contributed by atoms with Crippen LogP contribution in [-0.2, 0) is 9.53 Å². The second-order valence-electron chi connectivity index (χ2n) is 6.06. The molecule has 5 nitrogen and oxygen atoms in total. The van der Waals surface area contributed by atoms with E-state index < -0.39 is 11.4 Å². The minimum absolute atomic E-state index is 0.261. The van der Waals surface area contributed by atoms with Crippen LogP contribution in [0.3, 0.4) is 0 Å². The predicted octanol–water partition coefficient (Wildman–Crippen LogP) is 2.19. The van der Waals surface area contributed by atoms with Gasteiger partial charge in [0.25, 0.3) is 0 Å². The van der Waals surface area contributed by atoms with Crippen LogP contribution in [0.5, 0.6) is 5.75 Å². The van der Waals surface area contributed by atoms with Crippen molar-refractivity contribution in [3.63, 3.8) is 0 Å². The highest BCUT2D eigenvalue weighted by Crippen LogP contribution is 2.30. The molecule has 1 aromatic carbocycles. The fourth-order valence-corrected chi connectivity index (χ4v) is 3.05. The third kappa shape index (κ3) is 4.21. The maximum atomic E-state index is 11.6. The summed E-state index contributed by atoms with van der Waals surface area (Å²) in [5.41, 5.74) is 0.386. The van der Waals surface area contributed by atoms with Gasteiger partial charge in [0.05, 0.1) is 6.61 Å². The fourth-order valence-electron chi connectivity index (χ4n) is 3.05. The number of likely N-dealkylation sites (tertiary alicyclic amines) is 1. The highest BCUT2D eigenvalue weighted by molar-refractivity contribution is 5.75. The van der Waals surface area contributed by atoms with Crippen LogP contribution in [0.25, 0.3) is 0 Å². The Balaban J connectivity index is 1.86. The van der Waals surface area contributed by atoms with Gasteiger partial charge in [0, 0.05) is 20.2 Å². The van der Waals surface area contributed by atoms with Crippen LogP contribution in [0.15, 0.2) is 24.3 Å². The average Bonchev–Trinajstić information content (AvgIpc) is 2.48. The summed E-state index contributed by atoms with van der Waals surface area (Å²) in [6.07, 6.45) is 1.55. The van der Waals surface area contributed by atoms with Crippen molar-refractivity contribution in [3.8, 4) is 5.75 Å². The van der Waals surface area contributed by atoms with E-state index in [1.165, 1.54) is 5.56 Å². The molecule has 0 bridgehead atoms. The summed E-state index contributed by atoms with van der Waals surface area (Å²) in [5.74, 6) is 0.0945. The Morgan fingerprint density at radius 1 is 1.45 bits per heavy atom. The van der Waals surface area contributed by atoms with Gasteiger partial charge in [-0.05, 0) is 44.0 Å². The highest BCUT2D eigenvalue weighted by Gasteiger charge is 2.42. The smallest absolute Gasteiger partial charge is 0.313 e. The number of ether oxygens (including phenoxy) is 2. The highest BCUT2D eigenvalue weighted by atomic mass is 16.5. The van der Waals surface area contributed by atoms with E-state index >= 15 is 0 Å². The molecule has 1 N–H and O–H groups in total. The van der Waals surface area contributed by atoms with Crippen molar-refractivity contribution in [1.82, 2.24) is 4.90 Å². The molecule has 2 rings (SSSR count). The number of aryl methyl sites for hydroxylation is 1. The van der Waals surface area contributed by atoms with Crippen LogP contribution in [0.1, 0.15) is 18.4 Å². The Morgan fingerprint density at radius 3 is 2.95 bits per heavy atom. The van der Waals surface area contributed by atoms with Crippen LogP contribution >= 0.6 is 0 Å². The lowest BCUT2D eigenvalue weighted by Crippen LogP contribution is -2.51. The summed E-state index contributed by atoms with van der Waals surface area (Å²) in [5, 5.41) is 9.53. The molecule has 0 radical (unpaired) electrons. The van der Waals surface area contributed by atoms with E-state index in [1.807, 2.05) is 31.2 Å². The average molecular weight is 307 g/mol. The van der Waals surface area contributed by atoms with Gasteiger partial charge in [-0.1, -0.05) is 12.1 Å². The van der Waals surface area contributed by atoms with Crippen LogP contribution in [-0.4, -0.2) is 55.9 Å². The molecule has 1 saturated heterocycles. The zero-order chi connectivity index (χ0) is 16.0. The van der Waals surface area contributed by atoms with Crippen molar-refractivity contribution >= 4 is 5.97 Å². The first-order valence-corrected chi connectivity index (χ1v) is 7.70. The molecule has 1 atom stereocenters. The molecule has 1 fully saturated rings. The lowest BCUT2D eigenvalue weighted by atomic mass is 9.80. The second-order valence-corrected chi connectivity index (χ2v) is 6.06. The monoisotopic (exact) mass is 307 g/mol. The zero-order valence-electron chi connectivity index (χ0n) is 13.4. The molecule has 1 aromatic rings. The normalized spacial score (nSPS) is 22.5. The number of piperidine rings is 1. The molecule has 0 aromatic heterocycles. The number of carbonyl (C=O) groups is 1. The number of nitrogens with zero attached hydrogens (tertiary/aromatic N) is 1. The first-order chi connectivity index (χ1) is 10.6. The molecular formula is C17H25NO4. The van der Waals surface area contributed by atoms with Crippen LogP contribution in [0.4, 0.5) is 0 Å². The van der Waals surface area contributed by atoms with Crippen molar-refractivity contribution in [1.29, 1.82) is 0 Å². The van der Waals surface area contributed by atoms with Gasteiger partial charge in [0.2, 0.25) is 0 Å². The van der Waals surface area contributed by atoms with Gasteiger partial charge in [0.1, 0.15) is 17.8 Å². The van der Waals surface area contributed by atoms with Crippen molar-refractivity contribution in [2.75, 3.05) is 40.0 Å². The van der Waals surface area contributed by atoms with E-state index in [0.717, 1.165) is 25.3 Å². The molecule has 1 heterocycles. The second kappa shape index (κ2) is 7.61. The minimum Gasteiger partial charge on any atom is -0.492 e. The van der Waals surface area contributed by atoms with Crippen LogP contribution in [0.2, 0.25) is 0 Å². The molecule has 1 unspecified atom stereocenters. The zero-order valence-corrected chi connectivity index (χ0v) is 13.4. The lowest BCUT2D eigenvalue weighted by molar-refractivity contribution is -0.157. The van der Waals surface area contributed by atoms with Gasteiger partial charge in [-0.2, -0.15) is 0 Å². The summed E-state index contributed by atoms with van der Waals surface area (Å²) in [6.45, 7) is 5.02. The number of methoxy groups -OCH3 is 1.